The number of benzene rings is 2. The molecule has 0 unspecified atom stereocenters. The minimum atomic E-state index is -3.83. The molecular formula is C17H16BrN5O3S2. The van der Waals surface area contributed by atoms with E-state index in [1.54, 1.807) is 10.6 Å². The lowest BCUT2D eigenvalue weighted by Gasteiger charge is -2.05. The minimum Gasteiger partial charge on any atom is -0.493 e. The summed E-state index contributed by atoms with van der Waals surface area (Å²) in [5.74, 6) is -0.0154. The molecule has 0 atom stereocenters. The van der Waals surface area contributed by atoms with Crippen molar-refractivity contribution in [3.8, 4) is 5.88 Å². The van der Waals surface area contributed by atoms with Gasteiger partial charge < -0.3 is 15.0 Å². The highest BCUT2D eigenvalue weighted by atomic mass is 79.9. The zero-order chi connectivity index (χ0) is 20.5. The van der Waals surface area contributed by atoms with Crippen LogP contribution in [0.15, 0.2) is 62.1 Å². The highest BCUT2D eigenvalue weighted by Crippen LogP contribution is 2.40. The number of aromatic hydroxyl groups is 1. The Morgan fingerprint density at radius 1 is 1.32 bits per heavy atom. The number of rotatable bonds is 4. The van der Waals surface area contributed by atoms with Crippen LogP contribution in [0.1, 0.15) is 6.92 Å². The molecule has 28 heavy (non-hydrogen) atoms. The van der Waals surface area contributed by atoms with Crippen molar-refractivity contribution in [2.24, 2.45) is 15.4 Å². The Morgan fingerprint density at radius 2 is 2.07 bits per heavy atom. The number of sulfonamides is 1. The van der Waals surface area contributed by atoms with Crippen LogP contribution in [0.2, 0.25) is 0 Å². The molecule has 11 heteroatoms. The summed E-state index contributed by atoms with van der Waals surface area (Å²) >= 11 is 8.56. The average molecular weight is 482 g/mol. The zero-order valence-electron chi connectivity index (χ0n) is 14.6. The van der Waals surface area contributed by atoms with Gasteiger partial charge in [0.15, 0.2) is 5.69 Å². The minimum absolute atomic E-state index is 0.00151. The van der Waals surface area contributed by atoms with Crippen molar-refractivity contribution in [2.75, 3.05) is 5.32 Å². The summed E-state index contributed by atoms with van der Waals surface area (Å²) in [6.07, 6.45) is 0. The Morgan fingerprint density at radius 3 is 2.75 bits per heavy atom. The van der Waals surface area contributed by atoms with Crippen molar-refractivity contribution < 1.29 is 13.5 Å². The third-order valence-electron chi connectivity index (χ3n) is 3.94. The number of primary sulfonamides is 1. The molecular weight excluding hydrogens is 466 g/mol. The Balaban J connectivity index is 1.89. The first-order valence-electron chi connectivity index (χ1n) is 8.07. The van der Waals surface area contributed by atoms with E-state index in [2.05, 4.69) is 31.5 Å². The molecule has 3 rings (SSSR count). The summed E-state index contributed by atoms with van der Waals surface area (Å²) in [6, 6.07) is 11.4. The molecule has 2 aromatic carbocycles. The number of hydrogen-bond donors (Lipinski definition) is 3. The fourth-order valence-corrected chi connectivity index (χ4v) is 3.79. The number of halogens is 1. The molecule has 146 valence electrons. The summed E-state index contributed by atoms with van der Waals surface area (Å²) in [7, 11) is -3.83. The first-order valence-corrected chi connectivity index (χ1v) is 10.8. The fraction of sp³-hybridized carbons (Fsp3) is 0.118. The van der Waals surface area contributed by atoms with Crippen molar-refractivity contribution in [2.45, 2.75) is 18.4 Å². The van der Waals surface area contributed by atoms with Gasteiger partial charge in [0.05, 0.1) is 10.4 Å². The van der Waals surface area contributed by atoms with Gasteiger partial charge in [0.25, 0.3) is 0 Å². The molecule has 0 spiro atoms. The van der Waals surface area contributed by atoms with Gasteiger partial charge in [0.2, 0.25) is 21.0 Å². The van der Waals surface area contributed by atoms with Crippen molar-refractivity contribution in [3.63, 3.8) is 0 Å². The van der Waals surface area contributed by atoms with Gasteiger partial charge in [0.1, 0.15) is 0 Å². The normalized spacial score (nSPS) is 12.0. The molecule has 0 saturated heterocycles. The van der Waals surface area contributed by atoms with E-state index in [0.717, 1.165) is 15.4 Å². The number of azo groups is 1. The summed E-state index contributed by atoms with van der Waals surface area (Å²) < 4.78 is 25.4. The van der Waals surface area contributed by atoms with E-state index in [9.17, 15) is 13.5 Å². The number of fused-ring (bicyclic) bond motifs is 1. The lowest BCUT2D eigenvalue weighted by atomic mass is 10.2. The van der Waals surface area contributed by atoms with Crippen molar-refractivity contribution in [1.82, 2.24) is 4.57 Å². The van der Waals surface area contributed by atoms with Gasteiger partial charge in [-0.25, -0.2) is 13.6 Å². The Hall–Kier alpha value is -2.34. The van der Waals surface area contributed by atoms with Crippen LogP contribution >= 0.6 is 28.1 Å². The van der Waals surface area contributed by atoms with Gasteiger partial charge in [-0.15, -0.1) is 10.2 Å². The van der Waals surface area contributed by atoms with E-state index in [0.29, 0.717) is 17.9 Å². The van der Waals surface area contributed by atoms with Crippen LogP contribution in [-0.4, -0.2) is 23.2 Å². The Labute approximate surface area is 175 Å². The highest BCUT2D eigenvalue weighted by molar-refractivity contribution is 9.10. The second kappa shape index (κ2) is 7.95. The number of nitrogens with zero attached hydrogens (tertiary/aromatic N) is 3. The SMILES string of the molecule is CCn1c(O)c(N=NC(=S)Nc2cccc(S(N)(=O)=O)c2)c2cc(Br)ccc21. The predicted molar refractivity (Wildman–Crippen MR) is 116 cm³/mol. The number of nitrogens with two attached hydrogens (primary N) is 1. The molecule has 8 nitrogen and oxygen atoms in total. The lowest BCUT2D eigenvalue weighted by molar-refractivity contribution is 0.427. The smallest absolute Gasteiger partial charge is 0.238 e. The second-order valence-electron chi connectivity index (χ2n) is 5.78. The summed E-state index contributed by atoms with van der Waals surface area (Å²) in [6.45, 7) is 2.47. The lowest BCUT2D eigenvalue weighted by Crippen LogP contribution is -2.13. The molecule has 0 radical (unpaired) electrons. The fourth-order valence-electron chi connectivity index (χ4n) is 2.71. The molecule has 0 aliphatic carbocycles. The van der Waals surface area contributed by atoms with E-state index in [4.69, 9.17) is 17.4 Å². The standard InChI is InChI=1S/C17H16BrN5O3S2/c1-2-23-14-7-6-10(18)8-13(14)15(16(23)24)21-22-17(27)20-11-4-3-5-12(9-11)28(19,25)26/h3-9,24H,2H2,1H3,(H,20,27)(H2,19,25,26). The van der Waals surface area contributed by atoms with Gasteiger partial charge in [0, 0.05) is 22.1 Å². The molecule has 3 aromatic rings. The predicted octanol–water partition coefficient (Wildman–Crippen LogP) is 4.26. The van der Waals surface area contributed by atoms with Gasteiger partial charge >= 0.3 is 0 Å². The van der Waals surface area contributed by atoms with E-state index in [1.165, 1.54) is 18.2 Å². The third-order valence-corrected chi connectivity index (χ3v) is 5.53. The first-order chi connectivity index (χ1) is 13.2. The van der Waals surface area contributed by atoms with Crippen LogP contribution in [0.5, 0.6) is 5.88 Å². The van der Waals surface area contributed by atoms with Crippen molar-refractivity contribution in [3.05, 3.63) is 46.9 Å². The van der Waals surface area contributed by atoms with Crippen LogP contribution in [0.4, 0.5) is 11.4 Å². The van der Waals surface area contributed by atoms with Crippen LogP contribution < -0.4 is 10.5 Å². The largest absolute Gasteiger partial charge is 0.493 e. The second-order valence-corrected chi connectivity index (χ2v) is 8.64. The quantitative estimate of drug-likeness (QED) is 0.379. The van der Waals surface area contributed by atoms with E-state index in [-0.39, 0.29) is 15.9 Å². The number of aromatic nitrogens is 1. The molecule has 0 aliphatic heterocycles. The van der Waals surface area contributed by atoms with E-state index >= 15 is 0 Å². The van der Waals surface area contributed by atoms with Crippen LogP contribution in [0.25, 0.3) is 10.9 Å². The van der Waals surface area contributed by atoms with Crippen LogP contribution in [-0.2, 0) is 16.6 Å². The monoisotopic (exact) mass is 481 g/mol. The average Bonchev–Trinajstić information content (AvgIpc) is 2.89. The Kier molecular flexibility index (Phi) is 5.79. The van der Waals surface area contributed by atoms with E-state index < -0.39 is 10.0 Å². The molecule has 4 N–H and O–H groups in total. The van der Waals surface area contributed by atoms with Gasteiger partial charge in [-0.3, -0.25) is 0 Å². The molecule has 0 bridgehead atoms. The maximum Gasteiger partial charge on any atom is 0.238 e. The van der Waals surface area contributed by atoms with E-state index in [1.807, 2.05) is 25.1 Å². The Bertz CT molecular complexity index is 1200. The molecule has 0 fully saturated rings. The van der Waals surface area contributed by atoms with Crippen LogP contribution in [0, 0.1) is 0 Å². The molecule has 0 amide bonds. The molecule has 0 aliphatic rings. The topological polar surface area (TPSA) is 122 Å². The number of nitrogens with one attached hydrogen (secondary N) is 1. The first kappa shape index (κ1) is 20.4. The summed E-state index contributed by atoms with van der Waals surface area (Å²) in [5, 5.41) is 27.1. The molecule has 1 aromatic heterocycles. The van der Waals surface area contributed by atoms with Crippen molar-refractivity contribution >= 4 is 65.6 Å². The van der Waals surface area contributed by atoms with Gasteiger partial charge in [-0.05, 0) is 55.5 Å². The third kappa shape index (κ3) is 4.22. The summed E-state index contributed by atoms with van der Waals surface area (Å²) in [4.78, 5) is -0.0502. The number of thiocarbonyl (C=S) groups is 1. The molecule has 0 saturated carbocycles. The van der Waals surface area contributed by atoms with Gasteiger partial charge in [-0.2, -0.15) is 0 Å². The van der Waals surface area contributed by atoms with Crippen LogP contribution in [0.3, 0.4) is 0 Å². The summed E-state index contributed by atoms with van der Waals surface area (Å²) in [5.41, 5.74) is 1.51. The maximum absolute atomic E-state index is 11.4. The maximum atomic E-state index is 11.4. The molecule has 1 heterocycles. The number of hydrogen-bond acceptors (Lipinski definition) is 5. The van der Waals surface area contributed by atoms with Crippen molar-refractivity contribution in [1.29, 1.82) is 0 Å². The number of anilines is 1. The zero-order valence-corrected chi connectivity index (χ0v) is 17.8. The number of aryl methyl sites for hydroxylation is 1. The van der Waals surface area contributed by atoms with Gasteiger partial charge in [-0.1, -0.05) is 22.0 Å². The highest BCUT2D eigenvalue weighted by Gasteiger charge is 2.16.